The predicted molar refractivity (Wildman–Crippen MR) is 119 cm³/mol. The van der Waals surface area contributed by atoms with Crippen LogP contribution in [0.2, 0.25) is 0 Å². The third-order valence-corrected chi connectivity index (χ3v) is 5.13. The van der Waals surface area contributed by atoms with Gasteiger partial charge in [0.25, 0.3) is 12.3 Å². The highest BCUT2D eigenvalue weighted by Gasteiger charge is 2.39. The summed E-state index contributed by atoms with van der Waals surface area (Å²) in [4.78, 5) is 36.1. The number of hydrogen-bond donors (Lipinski definition) is 1. The molecule has 2 aromatic carbocycles. The zero-order chi connectivity index (χ0) is 23.7. The Labute approximate surface area is 188 Å². The first-order valence-electron chi connectivity index (χ1n) is 10.2. The highest BCUT2D eigenvalue weighted by Crippen LogP contribution is 2.36. The summed E-state index contributed by atoms with van der Waals surface area (Å²) < 4.78 is 31.9. The average Bonchev–Trinajstić information content (AvgIpc) is 3.07. The van der Waals surface area contributed by atoms with Crippen molar-refractivity contribution in [1.82, 2.24) is 9.97 Å². The molecule has 0 bridgehead atoms. The van der Waals surface area contributed by atoms with E-state index in [1.165, 1.54) is 35.4 Å². The Hall–Kier alpha value is -4.08. The number of ether oxygens (including phenoxy) is 1. The fourth-order valence-corrected chi connectivity index (χ4v) is 3.56. The largest absolute Gasteiger partial charge is 0.439 e. The first-order valence-corrected chi connectivity index (χ1v) is 10.2. The summed E-state index contributed by atoms with van der Waals surface area (Å²) in [5.74, 6) is 0.249. The van der Waals surface area contributed by atoms with Gasteiger partial charge in [-0.2, -0.15) is 4.98 Å². The van der Waals surface area contributed by atoms with E-state index >= 15 is 0 Å². The standard InChI is InChI=1S/C23H21F2N5O3/c1-13(2)17-11-16(33-19-8-9-27-22(26)28-19)6-7-18(17)30-20(31)12-29(23(30)32)15-5-3-4-14(10-15)21(24)25/h3-11,13,21H,12H2,1-2H3,(H2,26,27,28). The Balaban J connectivity index is 1.65. The van der Waals surface area contributed by atoms with Crippen molar-refractivity contribution < 1.29 is 23.1 Å². The molecule has 1 aliphatic heterocycles. The van der Waals surface area contributed by atoms with Crippen LogP contribution in [0.4, 0.5) is 30.9 Å². The Kier molecular flexibility index (Phi) is 5.91. The van der Waals surface area contributed by atoms with Crippen molar-refractivity contribution in [2.75, 3.05) is 22.1 Å². The molecular formula is C23H21F2N5O3. The minimum Gasteiger partial charge on any atom is -0.439 e. The normalized spacial score (nSPS) is 14.0. The van der Waals surface area contributed by atoms with Gasteiger partial charge in [0.1, 0.15) is 12.3 Å². The number of imide groups is 1. The van der Waals surface area contributed by atoms with Crippen molar-refractivity contribution in [1.29, 1.82) is 0 Å². The number of benzene rings is 2. The van der Waals surface area contributed by atoms with E-state index in [0.29, 0.717) is 17.0 Å². The number of nitrogen functional groups attached to an aromatic ring is 1. The number of carbonyl (C=O) groups is 2. The summed E-state index contributed by atoms with van der Waals surface area (Å²) in [7, 11) is 0. The molecule has 1 fully saturated rings. The van der Waals surface area contributed by atoms with E-state index in [2.05, 4.69) is 9.97 Å². The van der Waals surface area contributed by atoms with E-state index in [-0.39, 0.29) is 35.5 Å². The number of nitrogens with two attached hydrogens (primary N) is 1. The van der Waals surface area contributed by atoms with Crippen molar-refractivity contribution in [2.24, 2.45) is 0 Å². The van der Waals surface area contributed by atoms with Crippen LogP contribution in [-0.2, 0) is 4.79 Å². The third-order valence-electron chi connectivity index (χ3n) is 5.13. The highest BCUT2D eigenvalue weighted by atomic mass is 19.3. The van der Waals surface area contributed by atoms with Crippen LogP contribution in [0.25, 0.3) is 0 Å². The lowest BCUT2D eigenvalue weighted by Crippen LogP contribution is -2.33. The number of rotatable bonds is 6. The minimum atomic E-state index is -2.68. The number of aromatic nitrogens is 2. The van der Waals surface area contributed by atoms with E-state index in [1.807, 2.05) is 13.8 Å². The van der Waals surface area contributed by atoms with E-state index in [0.717, 1.165) is 4.90 Å². The molecule has 2 heterocycles. The number of urea groups is 1. The SMILES string of the molecule is CC(C)c1cc(Oc2ccnc(N)n2)ccc1N1C(=O)CN(c2cccc(C(F)F)c2)C1=O. The zero-order valence-corrected chi connectivity index (χ0v) is 17.9. The van der Waals surface area contributed by atoms with Crippen LogP contribution in [0.5, 0.6) is 11.6 Å². The topological polar surface area (TPSA) is 102 Å². The summed E-state index contributed by atoms with van der Waals surface area (Å²) in [6.45, 7) is 3.59. The summed E-state index contributed by atoms with van der Waals surface area (Å²) in [6.07, 6.45) is -1.21. The van der Waals surface area contributed by atoms with E-state index in [1.54, 1.807) is 24.3 Å². The predicted octanol–water partition coefficient (Wildman–Crippen LogP) is 4.89. The van der Waals surface area contributed by atoms with Gasteiger partial charge < -0.3 is 10.5 Å². The fourth-order valence-electron chi connectivity index (χ4n) is 3.56. The molecule has 0 unspecified atom stereocenters. The van der Waals surface area contributed by atoms with Gasteiger partial charge in [-0.1, -0.05) is 26.0 Å². The third kappa shape index (κ3) is 4.45. The van der Waals surface area contributed by atoms with Crippen molar-refractivity contribution in [3.05, 3.63) is 65.9 Å². The van der Waals surface area contributed by atoms with Crippen molar-refractivity contribution in [2.45, 2.75) is 26.2 Å². The number of amides is 3. The smallest absolute Gasteiger partial charge is 0.336 e. The van der Waals surface area contributed by atoms with Crippen LogP contribution in [0.3, 0.4) is 0 Å². The molecule has 0 radical (unpaired) electrons. The van der Waals surface area contributed by atoms with Gasteiger partial charge in [-0.25, -0.2) is 23.5 Å². The van der Waals surface area contributed by atoms with Crippen LogP contribution in [0, 0.1) is 0 Å². The van der Waals surface area contributed by atoms with Crippen LogP contribution in [0.15, 0.2) is 54.7 Å². The molecule has 1 aromatic heterocycles. The first kappa shape index (κ1) is 22.1. The van der Waals surface area contributed by atoms with Gasteiger partial charge in [-0.15, -0.1) is 0 Å². The maximum Gasteiger partial charge on any atom is 0.336 e. The van der Waals surface area contributed by atoms with Gasteiger partial charge in [-0.3, -0.25) is 9.69 Å². The van der Waals surface area contributed by atoms with Crippen molar-refractivity contribution in [3.63, 3.8) is 0 Å². The molecule has 33 heavy (non-hydrogen) atoms. The van der Waals surface area contributed by atoms with Gasteiger partial charge in [0.05, 0.1) is 5.69 Å². The fraction of sp³-hybridized carbons (Fsp3) is 0.217. The lowest BCUT2D eigenvalue weighted by molar-refractivity contribution is -0.115. The Bertz CT molecular complexity index is 1220. The molecule has 10 heteroatoms. The lowest BCUT2D eigenvalue weighted by atomic mass is 10.00. The van der Waals surface area contributed by atoms with Gasteiger partial charge in [-0.05, 0) is 41.8 Å². The molecule has 0 atom stereocenters. The number of hydrogen-bond acceptors (Lipinski definition) is 6. The first-order chi connectivity index (χ1) is 15.7. The number of anilines is 3. The second kappa shape index (κ2) is 8.81. The summed E-state index contributed by atoms with van der Waals surface area (Å²) in [6, 6.07) is 11.3. The lowest BCUT2D eigenvalue weighted by Gasteiger charge is -2.22. The minimum absolute atomic E-state index is 0.0594. The van der Waals surface area contributed by atoms with Crippen molar-refractivity contribution in [3.8, 4) is 11.6 Å². The quantitative estimate of drug-likeness (QED) is 0.534. The molecule has 0 aliphatic carbocycles. The molecule has 3 amide bonds. The second-order valence-electron chi connectivity index (χ2n) is 7.72. The molecule has 3 aromatic rings. The second-order valence-corrected chi connectivity index (χ2v) is 7.72. The van der Waals surface area contributed by atoms with Gasteiger partial charge in [0.15, 0.2) is 0 Å². The summed E-state index contributed by atoms with van der Waals surface area (Å²) in [5, 5.41) is 0. The van der Waals surface area contributed by atoms with Crippen LogP contribution in [0.1, 0.15) is 37.3 Å². The number of halogens is 2. The molecule has 1 saturated heterocycles. The maximum atomic E-state index is 13.2. The van der Waals surface area contributed by atoms with Gasteiger partial charge in [0.2, 0.25) is 11.8 Å². The summed E-state index contributed by atoms with van der Waals surface area (Å²) in [5.41, 5.74) is 6.70. The maximum absolute atomic E-state index is 13.2. The average molecular weight is 453 g/mol. The Morgan fingerprint density at radius 1 is 1.09 bits per heavy atom. The van der Waals surface area contributed by atoms with E-state index in [4.69, 9.17) is 10.5 Å². The van der Waals surface area contributed by atoms with Crippen LogP contribution in [-0.4, -0.2) is 28.5 Å². The van der Waals surface area contributed by atoms with Gasteiger partial charge in [0, 0.05) is 23.5 Å². The van der Waals surface area contributed by atoms with Crippen LogP contribution < -0.4 is 20.3 Å². The number of nitrogens with zero attached hydrogens (tertiary/aromatic N) is 4. The monoisotopic (exact) mass is 453 g/mol. The van der Waals surface area contributed by atoms with Crippen molar-refractivity contribution >= 4 is 29.3 Å². The number of carbonyl (C=O) groups excluding carboxylic acids is 2. The molecule has 2 N–H and O–H groups in total. The number of alkyl halides is 2. The van der Waals surface area contributed by atoms with Crippen LogP contribution >= 0.6 is 0 Å². The highest BCUT2D eigenvalue weighted by molar-refractivity contribution is 6.27. The molecular weight excluding hydrogens is 432 g/mol. The Morgan fingerprint density at radius 3 is 2.58 bits per heavy atom. The molecule has 170 valence electrons. The molecule has 8 nitrogen and oxygen atoms in total. The van der Waals surface area contributed by atoms with E-state index < -0.39 is 18.4 Å². The molecule has 1 aliphatic rings. The Morgan fingerprint density at radius 2 is 1.88 bits per heavy atom. The zero-order valence-electron chi connectivity index (χ0n) is 17.9. The molecule has 0 spiro atoms. The molecule has 4 rings (SSSR count). The molecule has 0 saturated carbocycles. The summed E-state index contributed by atoms with van der Waals surface area (Å²) >= 11 is 0. The van der Waals surface area contributed by atoms with E-state index in [9.17, 15) is 18.4 Å². The van der Waals surface area contributed by atoms with Gasteiger partial charge >= 0.3 is 6.03 Å².